The Morgan fingerprint density at radius 2 is 1.84 bits per heavy atom. The van der Waals surface area contributed by atoms with Crippen molar-refractivity contribution in [3.63, 3.8) is 0 Å². The van der Waals surface area contributed by atoms with Gasteiger partial charge in [0.15, 0.2) is 17.7 Å². The van der Waals surface area contributed by atoms with Crippen LogP contribution in [-0.2, 0) is 36.9 Å². The molecular formula is C10H15N5O13P2S. The summed E-state index contributed by atoms with van der Waals surface area (Å²) < 4.78 is 63.8. The van der Waals surface area contributed by atoms with Crippen molar-refractivity contribution in [2.45, 2.75) is 24.5 Å². The minimum absolute atomic E-state index is 0.0306. The summed E-state index contributed by atoms with van der Waals surface area (Å²) >= 11 is 0. The van der Waals surface area contributed by atoms with Gasteiger partial charge in [-0.3, -0.25) is 9.09 Å². The largest absolute Gasteiger partial charge is 0.486 e. The zero-order valence-electron chi connectivity index (χ0n) is 14.8. The molecule has 0 aliphatic carbocycles. The average Bonchev–Trinajstić information content (AvgIpc) is 3.13. The predicted molar refractivity (Wildman–Crippen MR) is 94.6 cm³/mol. The zero-order valence-corrected chi connectivity index (χ0v) is 17.4. The Morgan fingerprint density at radius 1 is 1.16 bits per heavy atom. The molecule has 0 amide bonds. The maximum atomic E-state index is 11.5. The molecular weight excluding hydrogens is 492 g/mol. The second-order valence-corrected chi connectivity index (χ2v) is 9.78. The van der Waals surface area contributed by atoms with Crippen LogP contribution in [-0.4, -0.2) is 77.5 Å². The normalized spacial score (nSPS) is 25.3. The molecule has 0 spiro atoms. The van der Waals surface area contributed by atoms with Crippen LogP contribution in [0.4, 0.5) is 5.82 Å². The van der Waals surface area contributed by atoms with Crippen molar-refractivity contribution >= 4 is 43.0 Å². The number of anilines is 1. The van der Waals surface area contributed by atoms with Crippen molar-refractivity contribution in [3.05, 3.63) is 12.7 Å². The van der Waals surface area contributed by atoms with Crippen LogP contribution in [0.5, 0.6) is 0 Å². The number of nitrogens with two attached hydrogens (primary N) is 1. The number of imidazole rings is 1. The molecule has 1 saturated heterocycles. The highest BCUT2D eigenvalue weighted by Crippen LogP contribution is 2.45. The number of hydrogen-bond donors (Lipinski definition) is 6. The van der Waals surface area contributed by atoms with Gasteiger partial charge in [0.2, 0.25) is 0 Å². The number of nitrogen functional groups attached to an aromatic ring is 1. The molecule has 0 radical (unpaired) electrons. The minimum Gasteiger partial charge on any atom is -0.387 e. The summed E-state index contributed by atoms with van der Waals surface area (Å²) in [6.45, 7) is -1.06. The van der Waals surface area contributed by atoms with Gasteiger partial charge in [0.05, 0.1) is 12.9 Å². The van der Waals surface area contributed by atoms with E-state index >= 15 is 0 Å². The van der Waals surface area contributed by atoms with Crippen molar-refractivity contribution in [1.29, 1.82) is 0 Å². The third-order valence-corrected chi connectivity index (χ3v) is 6.25. The SMILES string of the molecule is Nc1ncnc2c1ncn2[C@@H]1O[C@H](COS(=O)(=O)OP(=O)(O)O)[C@@H](O)[C@H]1OP(=O)(O)O. The van der Waals surface area contributed by atoms with E-state index in [0.29, 0.717) is 0 Å². The Morgan fingerprint density at radius 3 is 2.45 bits per heavy atom. The number of rotatable bonds is 8. The molecule has 2 aromatic rings. The van der Waals surface area contributed by atoms with Crippen LogP contribution in [0, 0.1) is 0 Å². The van der Waals surface area contributed by atoms with Gasteiger partial charge in [-0.15, -0.1) is 3.97 Å². The lowest BCUT2D eigenvalue weighted by atomic mass is 10.1. The molecule has 0 aromatic carbocycles. The highest BCUT2D eigenvalue weighted by Gasteiger charge is 2.49. The van der Waals surface area contributed by atoms with Crippen molar-refractivity contribution in [3.8, 4) is 0 Å². The van der Waals surface area contributed by atoms with E-state index in [2.05, 4.69) is 27.6 Å². The number of aliphatic hydroxyl groups excluding tert-OH is 1. The van der Waals surface area contributed by atoms with Crippen LogP contribution >= 0.6 is 15.6 Å². The number of phosphoric ester groups is 1. The van der Waals surface area contributed by atoms with Crippen LogP contribution in [0.25, 0.3) is 11.2 Å². The maximum Gasteiger partial charge on any atom is 0.486 e. The highest BCUT2D eigenvalue weighted by atomic mass is 32.3. The standard InChI is InChI=1S/C10H15N5O13P2S/c11-8-5-9(13-2-12-8)15(3-14-5)10-7(27-29(17,18)19)6(16)4(26-10)1-25-31(23,24)28-30(20,21)22/h2-4,6-7,10,16H,1H2,(H2,11,12,13)(H2,17,18,19)(H2,20,21,22)/t4-,6-,7-,10-/m1/s1. The molecule has 1 aliphatic heterocycles. The van der Waals surface area contributed by atoms with Gasteiger partial charge in [0.25, 0.3) is 0 Å². The average molecular weight is 507 g/mol. The third kappa shape index (κ3) is 5.80. The second-order valence-electron chi connectivity index (χ2n) is 5.96. The molecule has 1 aliphatic rings. The summed E-state index contributed by atoms with van der Waals surface area (Å²) in [5.74, 6) is -0.0321. The van der Waals surface area contributed by atoms with Crippen molar-refractivity contribution in [2.24, 2.45) is 0 Å². The lowest BCUT2D eigenvalue weighted by Crippen LogP contribution is -2.36. The van der Waals surface area contributed by atoms with Gasteiger partial charge in [0.1, 0.15) is 30.2 Å². The van der Waals surface area contributed by atoms with Crippen LogP contribution in [0.2, 0.25) is 0 Å². The molecule has 0 bridgehead atoms. The molecule has 1 fully saturated rings. The molecule has 7 N–H and O–H groups in total. The number of ether oxygens (including phenoxy) is 1. The fourth-order valence-electron chi connectivity index (χ4n) is 2.70. The molecule has 3 rings (SSSR count). The van der Waals surface area contributed by atoms with E-state index in [-0.39, 0.29) is 17.0 Å². The van der Waals surface area contributed by atoms with Gasteiger partial charge in [-0.2, -0.15) is 8.42 Å². The fourth-order valence-corrected chi connectivity index (χ4v) is 4.67. The van der Waals surface area contributed by atoms with Crippen molar-refractivity contribution in [2.75, 3.05) is 12.3 Å². The highest BCUT2D eigenvalue weighted by molar-refractivity contribution is 7.86. The zero-order chi connectivity index (χ0) is 23.2. The van der Waals surface area contributed by atoms with E-state index in [4.69, 9.17) is 30.0 Å². The predicted octanol–water partition coefficient (Wildman–Crippen LogP) is -2.48. The lowest BCUT2D eigenvalue weighted by Gasteiger charge is -2.22. The van der Waals surface area contributed by atoms with Crippen LogP contribution in [0.1, 0.15) is 6.23 Å². The first kappa shape index (κ1) is 24.1. The third-order valence-electron chi connectivity index (χ3n) is 3.80. The van der Waals surface area contributed by atoms with E-state index < -0.39 is 57.2 Å². The molecule has 21 heteroatoms. The van der Waals surface area contributed by atoms with Crippen LogP contribution < -0.4 is 5.73 Å². The maximum absolute atomic E-state index is 11.5. The van der Waals surface area contributed by atoms with Gasteiger partial charge in [-0.05, 0) is 0 Å². The Balaban J connectivity index is 1.88. The summed E-state index contributed by atoms with van der Waals surface area (Å²) in [6.07, 6.45) is -4.64. The molecule has 174 valence electrons. The van der Waals surface area contributed by atoms with E-state index in [0.717, 1.165) is 17.2 Å². The Kier molecular flexibility index (Phi) is 6.51. The number of nitrogens with zero attached hydrogens (tertiary/aromatic N) is 4. The first-order chi connectivity index (χ1) is 14.2. The molecule has 31 heavy (non-hydrogen) atoms. The molecule has 2 aromatic heterocycles. The van der Waals surface area contributed by atoms with E-state index in [9.17, 15) is 22.7 Å². The van der Waals surface area contributed by atoms with Gasteiger partial charge in [-0.1, -0.05) is 0 Å². The van der Waals surface area contributed by atoms with E-state index in [1.807, 2.05) is 0 Å². The topological polar surface area (TPSA) is 276 Å². The Bertz CT molecular complexity index is 1160. The Labute approximate surface area is 172 Å². The molecule has 4 atom stereocenters. The number of phosphoric acid groups is 2. The number of hydrogen-bond acceptors (Lipinski definition) is 13. The van der Waals surface area contributed by atoms with Crippen molar-refractivity contribution in [1.82, 2.24) is 19.5 Å². The Hall–Kier alpha value is -1.60. The molecule has 0 saturated carbocycles. The number of aromatic nitrogens is 4. The fraction of sp³-hybridized carbons (Fsp3) is 0.500. The smallest absolute Gasteiger partial charge is 0.387 e. The number of aliphatic hydroxyl groups is 1. The summed E-state index contributed by atoms with van der Waals surface area (Å²) in [6, 6.07) is 0. The van der Waals surface area contributed by atoms with Crippen LogP contribution in [0.15, 0.2) is 12.7 Å². The summed E-state index contributed by atoms with van der Waals surface area (Å²) in [5, 5.41) is 10.4. The summed E-state index contributed by atoms with van der Waals surface area (Å²) in [4.78, 5) is 47.0. The first-order valence-electron chi connectivity index (χ1n) is 7.83. The van der Waals surface area contributed by atoms with E-state index in [1.165, 1.54) is 0 Å². The van der Waals surface area contributed by atoms with Crippen LogP contribution in [0.3, 0.4) is 0 Å². The molecule has 0 unspecified atom stereocenters. The quantitative estimate of drug-likeness (QED) is 0.202. The van der Waals surface area contributed by atoms with Gasteiger partial charge in [-0.25, -0.2) is 28.3 Å². The molecule has 18 nitrogen and oxygen atoms in total. The monoisotopic (exact) mass is 507 g/mol. The van der Waals surface area contributed by atoms with Crippen molar-refractivity contribution < 1.29 is 59.6 Å². The summed E-state index contributed by atoms with van der Waals surface area (Å²) in [5.41, 5.74) is 5.79. The first-order valence-corrected chi connectivity index (χ1v) is 12.2. The number of fused-ring (bicyclic) bond motifs is 1. The minimum atomic E-state index is -5.47. The van der Waals surface area contributed by atoms with Gasteiger partial charge < -0.3 is 35.2 Å². The molecule has 3 heterocycles. The van der Waals surface area contributed by atoms with E-state index in [1.54, 1.807) is 0 Å². The van der Waals surface area contributed by atoms with Gasteiger partial charge >= 0.3 is 26.0 Å². The van der Waals surface area contributed by atoms with Gasteiger partial charge in [0, 0.05) is 0 Å². The second kappa shape index (κ2) is 8.39. The lowest BCUT2D eigenvalue weighted by molar-refractivity contribution is -0.0471. The summed E-state index contributed by atoms with van der Waals surface area (Å²) in [7, 11) is -15.9.